The Balaban J connectivity index is 2.37. The van der Waals surface area contributed by atoms with Crippen LogP contribution < -0.4 is 0 Å². The van der Waals surface area contributed by atoms with Gasteiger partial charge < -0.3 is 0 Å². The van der Waals surface area contributed by atoms with Gasteiger partial charge in [-0.1, -0.05) is 67.9 Å². The van der Waals surface area contributed by atoms with Crippen LogP contribution in [0.5, 0.6) is 0 Å². The number of aryl methyl sites for hydroxylation is 1. The summed E-state index contributed by atoms with van der Waals surface area (Å²) < 4.78 is 0. The third-order valence-corrected chi connectivity index (χ3v) is 3.46. The fourth-order valence-corrected chi connectivity index (χ4v) is 2.27. The highest BCUT2D eigenvalue weighted by Crippen LogP contribution is 2.23. The number of benzene rings is 2. The first-order valence-electron chi connectivity index (χ1n) is 7.38. The molecule has 0 spiro atoms. The van der Waals surface area contributed by atoms with Gasteiger partial charge in [0.05, 0.1) is 0 Å². The molecule has 0 saturated carbocycles. The summed E-state index contributed by atoms with van der Waals surface area (Å²) in [4.78, 5) is 0. The van der Waals surface area contributed by atoms with Gasteiger partial charge in [-0.3, -0.25) is 0 Å². The van der Waals surface area contributed by atoms with E-state index >= 15 is 0 Å². The third kappa shape index (κ3) is 3.98. The summed E-state index contributed by atoms with van der Waals surface area (Å²) in [6.45, 7) is 4.40. The summed E-state index contributed by atoms with van der Waals surface area (Å²) >= 11 is 0. The van der Waals surface area contributed by atoms with Crippen LogP contribution in [0.25, 0.3) is 11.6 Å². The van der Waals surface area contributed by atoms with Crippen LogP contribution in [0, 0.1) is 6.92 Å². The summed E-state index contributed by atoms with van der Waals surface area (Å²) in [7, 11) is 0. The molecule has 0 saturated heterocycles. The molecule has 0 atom stereocenters. The molecule has 0 radical (unpaired) electrons. The standard InChI is InChI=1S/C20H22/c1-3-4-13-19(20-14-9-8-10-17(20)2)16-15-18-11-6-5-7-12-18/h5-12,14-15H,3-4,13H2,1-2H3. The second-order valence-corrected chi connectivity index (χ2v) is 5.10. The minimum absolute atomic E-state index is 1.09. The summed E-state index contributed by atoms with van der Waals surface area (Å²) in [5.74, 6) is 0. The largest absolute Gasteiger partial charge is 0.116 e. The van der Waals surface area contributed by atoms with E-state index in [0.717, 1.165) is 6.42 Å². The Hall–Kier alpha value is -2.04. The molecule has 2 aromatic rings. The zero-order chi connectivity index (χ0) is 14.2. The van der Waals surface area contributed by atoms with E-state index in [0.29, 0.717) is 0 Å². The second kappa shape index (κ2) is 7.53. The Morgan fingerprint density at radius 2 is 1.70 bits per heavy atom. The van der Waals surface area contributed by atoms with Crippen molar-refractivity contribution in [2.45, 2.75) is 33.1 Å². The molecule has 0 unspecified atom stereocenters. The number of hydrogen-bond donors (Lipinski definition) is 0. The summed E-state index contributed by atoms with van der Waals surface area (Å²) in [6.07, 6.45) is 5.60. The third-order valence-electron chi connectivity index (χ3n) is 3.46. The monoisotopic (exact) mass is 262 g/mol. The van der Waals surface area contributed by atoms with Gasteiger partial charge in [-0.15, -0.1) is 5.73 Å². The lowest BCUT2D eigenvalue weighted by molar-refractivity contribution is 0.824. The first-order valence-corrected chi connectivity index (χ1v) is 7.38. The van der Waals surface area contributed by atoms with E-state index in [-0.39, 0.29) is 0 Å². The predicted molar refractivity (Wildman–Crippen MR) is 88.5 cm³/mol. The van der Waals surface area contributed by atoms with Crippen LogP contribution in [0.3, 0.4) is 0 Å². The lowest BCUT2D eigenvalue weighted by Gasteiger charge is -2.07. The van der Waals surface area contributed by atoms with Crippen LogP contribution in [0.4, 0.5) is 0 Å². The maximum atomic E-state index is 3.52. The zero-order valence-electron chi connectivity index (χ0n) is 12.4. The average Bonchev–Trinajstić information content (AvgIpc) is 2.49. The van der Waals surface area contributed by atoms with Gasteiger partial charge in [0.1, 0.15) is 0 Å². The molecule has 0 nitrogen and oxygen atoms in total. The Morgan fingerprint density at radius 3 is 2.40 bits per heavy atom. The molecule has 0 heterocycles. The smallest absolute Gasteiger partial charge is 0.00149 e. The van der Waals surface area contributed by atoms with Gasteiger partial charge in [0.25, 0.3) is 0 Å². The minimum atomic E-state index is 1.09. The van der Waals surface area contributed by atoms with Gasteiger partial charge in [0, 0.05) is 5.57 Å². The summed E-state index contributed by atoms with van der Waals surface area (Å²) in [5, 5.41) is 0. The first kappa shape index (κ1) is 14.4. The molecule has 2 aromatic carbocycles. The normalized spacial score (nSPS) is 9.90. The maximum absolute atomic E-state index is 3.52. The quantitative estimate of drug-likeness (QED) is 0.590. The van der Waals surface area contributed by atoms with E-state index in [9.17, 15) is 0 Å². The highest BCUT2D eigenvalue weighted by molar-refractivity contribution is 5.71. The molecule has 0 amide bonds. The number of allylic oxidation sites excluding steroid dienone is 1. The Bertz CT molecular complexity index is 599. The molecular formula is C20H22. The fraction of sp³-hybridized carbons (Fsp3) is 0.250. The first-order chi connectivity index (χ1) is 9.81. The molecule has 0 aliphatic carbocycles. The Labute approximate surface area is 122 Å². The van der Waals surface area contributed by atoms with Crippen molar-refractivity contribution < 1.29 is 0 Å². The van der Waals surface area contributed by atoms with Crippen molar-refractivity contribution in [1.82, 2.24) is 0 Å². The molecule has 20 heavy (non-hydrogen) atoms. The van der Waals surface area contributed by atoms with Gasteiger partial charge >= 0.3 is 0 Å². The summed E-state index contributed by atoms with van der Waals surface area (Å²) in [6, 6.07) is 19.0. The average molecular weight is 262 g/mol. The lowest BCUT2D eigenvalue weighted by Crippen LogP contribution is -1.88. The minimum Gasteiger partial charge on any atom is -0.116 e. The van der Waals surface area contributed by atoms with E-state index in [1.807, 2.05) is 6.07 Å². The van der Waals surface area contributed by atoms with Crippen LogP contribution in [-0.4, -0.2) is 0 Å². The van der Waals surface area contributed by atoms with Gasteiger partial charge in [-0.05, 0) is 42.5 Å². The van der Waals surface area contributed by atoms with E-state index in [1.165, 1.54) is 35.1 Å². The SMILES string of the molecule is CCCCC(=C=Cc1ccccc1)c1ccccc1C. The van der Waals surface area contributed by atoms with Crippen molar-refractivity contribution in [3.05, 3.63) is 77.0 Å². The molecule has 2 rings (SSSR count). The molecule has 0 N–H and O–H groups in total. The number of rotatable bonds is 5. The van der Waals surface area contributed by atoms with Gasteiger partial charge in [0.2, 0.25) is 0 Å². The topological polar surface area (TPSA) is 0 Å². The molecule has 0 heteroatoms. The van der Waals surface area contributed by atoms with E-state index in [1.54, 1.807) is 0 Å². The highest BCUT2D eigenvalue weighted by Gasteiger charge is 2.03. The van der Waals surface area contributed by atoms with Crippen LogP contribution >= 0.6 is 0 Å². The maximum Gasteiger partial charge on any atom is 0.00149 e. The van der Waals surface area contributed by atoms with Crippen molar-refractivity contribution in [3.63, 3.8) is 0 Å². The lowest BCUT2D eigenvalue weighted by atomic mass is 9.97. The zero-order valence-corrected chi connectivity index (χ0v) is 12.4. The predicted octanol–water partition coefficient (Wildman–Crippen LogP) is 5.88. The van der Waals surface area contributed by atoms with Crippen molar-refractivity contribution >= 4 is 11.6 Å². The van der Waals surface area contributed by atoms with Crippen molar-refractivity contribution in [2.24, 2.45) is 0 Å². The molecule has 0 bridgehead atoms. The van der Waals surface area contributed by atoms with Gasteiger partial charge in [-0.25, -0.2) is 0 Å². The molecule has 0 aliphatic heterocycles. The van der Waals surface area contributed by atoms with Gasteiger partial charge in [-0.2, -0.15) is 0 Å². The number of hydrogen-bond acceptors (Lipinski definition) is 0. The molecule has 0 aromatic heterocycles. The van der Waals surface area contributed by atoms with E-state index in [4.69, 9.17) is 0 Å². The number of unbranched alkanes of at least 4 members (excludes halogenated alkanes) is 1. The van der Waals surface area contributed by atoms with Crippen LogP contribution in [0.2, 0.25) is 0 Å². The van der Waals surface area contributed by atoms with Crippen LogP contribution in [-0.2, 0) is 0 Å². The van der Waals surface area contributed by atoms with E-state index in [2.05, 4.69) is 74.2 Å². The Kier molecular flexibility index (Phi) is 5.41. The second-order valence-electron chi connectivity index (χ2n) is 5.10. The summed E-state index contributed by atoms with van der Waals surface area (Å²) in [5.41, 5.74) is 8.69. The van der Waals surface area contributed by atoms with Crippen LogP contribution in [0.15, 0.2) is 60.3 Å². The van der Waals surface area contributed by atoms with Crippen molar-refractivity contribution in [1.29, 1.82) is 0 Å². The van der Waals surface area contributed by atoms with Crippen LogP contribution in [0.1, 0.15) is 42.9 Å². The molecule has 0 fully saturated rings. The molecule has 102 valence electrons. The Morgan fingerprint density at radius 1 is 1.00 bits per heavy atom. The van der Waals surface area contributed by atoms with Crippen molar-refractivity contribution in [2.75, 3.05) is 0 Å². The van der Waals surface area contributed by atoms with E-state index < -0.39 is 0 Å². The fourth-order valence-electron chi connectivity index (χ4n) is 2.27. The van der Waals surface area contributed by atoms with Crippen molar-refractivity contribution in [3.8, 4) is 0 Å². The molecular weight excluding hydrogens is 240 g/mol. The molecule has 0 aliphatic rings. The highest BCUT2D eigenvalue weighted by atomic mass is 14.1. The van der Waals surface area contributed by atoms with Gasteiger partial charge in [0.15, 0.2) is 0 Å².